The van der Waals surface area contributed by atoms with Crippen LogP contribution < -0.4 is 5.32 Å². The van der Waals surface area contributed by atoms with Gasteiger partial charge in [-0.2, -0.15) is 0 Å². The molecule has 1 N–H and O–H groups in total. The highest BCUT2D eigenvalue weighted by Crippen LogP contribution is 2.23. The first-order valence-corrected chi connectivity index (χ1v) is 9.45. The summed E-state index contributed by atoms with van der Waals surface area (Å²) in [5, 5.41) is 4.38. The molecule has 0 saturated carbocycles. The van der Waals surface area contributed by atoms with E-state index in [1.54, 1.807) is 0 Å². The zero-order valence-electron chi connectivity index (χ0n) is 15.6. The predicted octanol–water partition coefficient (Wildman–Crippen LogP) is 3.38. The van der Waals surface area contributed by atoms with Crippen LogP contribution in [0, 0.1) is 13.8 Å². The van der Waals surface area contributed by atoms with Crippen molar-refractivity contribution in [3.05, 3.63) is 41.1 Å². The Bertz CT molecular complexity index is 748. The number of benzene rings is 1. The molecule has 1 saturated heterocycles. The second kappa shape index (κ2) is 7.96. The van der Waals surface area contributed by atoms with E-state index < -0.39 is 0 Å². The molecule has 4 heteroatoms. The number of nitrogens with zero attached hydrogens (tertiary/aromatic N) is 2. The number of rotatable bonds is 5. The predicted molar refractivity (Wildman–Crippen MR) is 103 cm³/mol. The standard InChI is InChI=1S/C21H29N3O/c1-4-11-24-12-9-17(10-13-24)23-21(25)14-19-15(2)18-7-5-6-8-20(18)22-16(19)3/h5-8,17H,4,9-14H2,1-3H3,(H,23,25). The molecule has 1 aliphatic rings. The number of piperidine rings is 1. The molecule has 0 radical (unpaired) electrons. The van der Waals surface area contributed by atoms with Gasteiger partial charge in [0.2, 0.25) is 5.91 Å². The van der Waals surface area contributed by atoms with Gasteiger partial charge >= 0.3 is 0 Å². The van der Waals surface area contributed by atoms with Crippen LogP contribution in [0.2, 0.25) is 0 Å². The number of nitrogens with one attached hydrogen (secondary N) is 1. The van der Waals surface area contributed by atoms with E-state index in [-0.39, 0.29) is 5.91 Å². The summed E-state index contributed by atoms with van der Waals surface area (Å²) in [6.07, 6.45) is 3.73. The number of para-hydroxylation sites is 1. The first-order valence-electron chi connectivity index (χ1n) is 9.45. The Morgan fingerprint density at radius 3 is 2.68 bits per heavy atom. The quantitative estimate of drug-likeness (QED) is 0.908. The van der Waals surface area contributed by atoms with Gasteiger partial charge in [-0.1, -0.05) is 25.1 Å². The summed E-state index contributed by atoms with van der Waals surface area (Å²) in [6.45, 7) is 9.68. The first-order chi connectivity index (χ1) is 12.1. The van der Waals surface area contributed by atoms with Crippen LogP contribution in [0.25, 0.3) is 10.9 Å². The molecule has 2 heterocycles. The van der Waals surface area contributed by atoms with Crippen LogP contribution in [0.15, 0.2) is 24.3 Å². The Balaban J connectivity index is 1.65. The third kappa shape index (κ3) is 4.18. The highest BCUT2D eigenvalue weighted by atomic mass is 16.1. The fourth-order valence-corrected chi connectivity index (χ4v) is 3.89. The van der Waals surface area contributed by atoms with Crippen molar-refractivity contribution in [1.29, 1.82) is 0 Å². The molecule has 1 aromatic heterocycles. The van der Waals surface area contributed by atoms with E-state index in [0.717, 1.165) is 48.1 Å². The SMILES string of the molecule is CCCN1CCC(NC(=O)Cc2c(C)nc3ccccc3c2C)CC1. The summed E-state index contributed by atoms with van der Waals surface area (Å²) in [4.78, 5) is 19.7. The Morgan fingerprint density at radius 1 is 1.24 bits per heavy atom. The van der Waals surface area contributed by atoms with Gasteiger partial charge in [-0.3, -0.25) is 9.78 Å². The van der Waals surface area contributed by atoms with Crippen molar-refractivity contribution in [3.8, 4) is 0 Å². The number of hydrogen-bond donors (Lipinski definition) is 1. The van der Waals surface area contributed by atoms with E-state index in [4.69, 9.17) is 0 Å². The van der Waals surface area contributed by atoms with E-state index in [2.05, 4.69) is 35.1 Å². The lowest BCUT2D eigenvalue weighted by molar-refractivity contribution is -0.121. The van der Waals surface area contributed by atoms with Crippen LogP contribution in [0.3, 0.4) is 0 Å². The molecular weight excluding hydrogens is 310 g/mol. The molecular formula is C21H29N3O. The summed E-state index contributed by atoms with van der Waals surface area (Å²) >= 11 is 0. The molecule has 25 heavy (non-hydrogen) atoms. The van der Waals surface area contributed by atoms with E-state index in [1.807, 2.05) is 25.1 Å². The third-order valence-corrected chi connectivity index (χ3v) is 5.32. The van der Waals surface area contributed by atoms with Crippen LogP contribution in [-0.2, 0) is 11.2 Å². The Labute approximate surface area is 150 Å². The van der Waals surface area contributed by atoms with Gasteiger partial charge in [0, 0.05) is 30.2 Å². The van der Waals surface area contributed by atoms with Crippen LogP contribution in [0.5, 0.6) is 0 Å². The van der Waals surface area contributed by atoms with Gasteiger partial charge in [-0.25, -0.2) is 0 Å². The Morgan fingerprint density at radius 2 is 1.96 bits per heavy atom. The zero-order chi connectivity index (χ0) is 17.8. The van der Waals surface area contributed by atoms with Crippen molar-refractivity contribution in [1.82, 2.24) is 15.2 Å². The molecule has 4 nitrogen and oxygen atoms in total. The summed E-state index contributed by atoms with van der Waals surface area (Å²) in [6, 6.07) is 8.46. The zero-order valence-corrected chi connectivity index (χ0v) is 15.6. The topological polar surface area (TPSA) is 45.2 Å². The van der Waals surface area contributed by atoms with Crippen LogP contribution in [0.4, 0.5) is 0 Å². The molecule has 1 aliphatic heterocycles. The van der Waals surface area contributed by atoms with E-state index in [1.165, 1.54) is 18.5 Å². The van der Waals surface area contributed by atoms with Crippen LogP contribution in [0.1, 0.15) is 43.0 Å². The minimum atomic E-state index is 0.122. The largest absolute Gasteiger partial charge is 0.353 e. The molecule has 0 atom stereocenters. The molecule has 1 aromatic carbocycles. The van der Waals surface area contributed by atoms with E-state index in [9.17, 15) is 4.79 Å². The van der Waals surface area contributed by atoms with Crippen molar-refractivity contribution >= 4 is 16.8 Å². The maximum atomic E-state index is 12.6. The van der Waals surface area contributed by atoms with Gasteiger partial charge in [0.1, 0.15) is 0 Å². The highest BCUT2D eigenvalue weighted by molar-refractivity contribution is 5.86. The fraction of sp³-hybridized carbons (Fsp3) is 0.524. The highest BCUT2D eigenvalue weighted by Gasteiger charge is 2.21. The summed E-state index contributed by atoms with van der Waals surface area (Å²) < 4.78 is 0. The monoisotopic (exact) mass is 339 g/mol. The van der Waals surface area contributed by atoms with Gasteiger partial charge in [-0.15, -0.1) is 0 Å². The van der Waals surface area contributed by atoms with Crippen molar-refractivity contribution in [2.24, 2.45) is 0 Å². The second-order valence-corrected chi connectivity index (χ2v) is 7.18. The van der Waals surface area contributed by atoms with Crippen molar-refractivity contribution < 1.29 is 4.79 Å². The Kier molecular flexibility index (Phi) is 5.69. The van der Waals surface area contributed by atoms with Gasteiger partial charge in [0.15, 0.2) is 0 Å². The number of pyridine rings is 1. The average Bonchev–Trinajstić information content (AvgIpc) is 2.60. The number of carbonyl (C=O) groups is 1. The lowest BCUT2D eigenvalue weighted by atomic mass is 9.98. The number of amides is 1. The molecule has 0 unspecified atom stereocenters. The van der Waals surface area contributed by atoms with Crippen molar-refractivity contribution in [3.63, 3.8) is 0 Å². The van der Waals surface area contributed by atoms with Crippen LogP contribution in [-0.4, -0.2) is 41.5 Å². The van der Waals surface area contributed by atoms with Gasteiger partial charge in [-0.05, 0) is 56.8 Å². The van der Waals surface area contributed by atoms with Gasteiger partial charge in [0.05, 0.1) is 11.9 Å². The molecule has 1 fully saturated rings. The number of likely N-dealkylation sites (tertiary alicyclic amines) is 1. The normalized spacial score (nSPS) is 16.3. The Hall–Kier alpha value is -1.94. The number of aryl methyl sites for hydroxylation is 2. The number of fused-ring (bicyclic) bond motifs is 1. The second-order valence-electron chi connectivity index (χ2n) is 7.18. The maximum absolute atomic E-state index is 12.6. The number of hydrogen-bond acceptors (Lipinski definition) is 3. The van der Waals surface area contributed by atoms with Crippen molar-refractivity contribution in [2.75, 3.05) is 19.6 Å². The summed E-state index contributed by atoms with van der Waals surface area (Å²) in [7, 11) is 0. The molecule has 2 aromatic rings. The minimum absolute atomic E-state index is 0.122. The van der Waals surface area contributed by atoms with E-state index in [0.29, 0.717) is 12.5 Å². The fourth-order valence-electron chi connectivity index (χ4n) is 3.89. The molecule has 0 spiro atoms. The molecule has 3 rings (SSSR count). The molecule has 0 bridgehead atoms. The smallest absolute Gasteiger partial charge is 0.224 e. The first kappa shape index (κ1) is 17.9. The number of aromatic nitrogens is 1. The molecule has 134 valence electrons. The molecule has 1 amide bonds. The lowest BCUT2D eigenvalue weighted by Crippen LogP contribution is -2.45. The van der Waals surface area contributed by atoms with E-state index >= 15 is 0 Å². The van der Waals surface area contributed by atoms with Crippen LogP contribution >= 0.6 is 0 Å². The molecule has 0 aliphatic carbocycles. The summed E-state index contributed by atoms with van der Waals surface area (Å²) in [5.41, 5.74) is 4.21. The van der Waals surface area contributed by atoms with Gasteiger partial charge < -0.3 is 10.2 Å². The maximum Gasteiger partial charge on any atom is 0.224 e. The minimum Gasteiger partial charge on any atom is -0.353 e. The average molecular weight is 339 g/mol. The van der Waals surface area contributed by atoms with Gasteiger partial charge in [0.25, 0.3) is 0 Å². The summed E-state index contributed by atoms with van der Waals surface area (Å²) in [5.74, 6) is 0.122. The number of carbonyl (C=O) groups excluding carboxylic acids is 1. The lowest BCUT2D eigenvalue weighted by Gasteiger charge is -2.32. The third-order valence-electron chi connectivity index (χ3n) is 5.32. The van der Waals surface area contributed by atoms with Crippen molar-refractivity contribution in [2.45, 2.75) is 52.5 Å².